The number of hydrogen-bond donors (Lipinski definition) is 0. The highest BCUT2D eigenvalue weighted by atomic mass is 32.1. The number of nitrogens with zero attached hydrogens (tertiary/aromatic N) is 4. The summed E-state index contributed by atoms with van der Waals surface area (Å²) in [6.45, 7) is 6.65. The largest absolute Gasteiger partial charge is 0.371 e. The van der Waals surface area contributed by atoms with Crippen molar-refractivity contribution in [2.24, 2.45) is 0 Å². The van der Waals surface area contributed by atoms with Crippen LogP contribution in [-0.4, -0.2) is 40.8 Å². The van der Waals surface area contributed by atoms with E-state index < -0.39 is 0 Å². The molecule has 4 heterocycles. The molecule has 1 fully saturated rings. The van der Waals surface area contributed by atoms with Crippen molar-refractivity contribution in [2.45, 2.75) is 38.8 Å². The number of rotatable bonds is 3. The van der Waals surface area contributed by atoms with Gasteiger partial charge in [0.25, 0.3) is 0 Å². The van der Waals surface area contributed by atoms with E-state index in [1.54, 1.807) is 21.8 Å². The Kier molecular flexibility index (Phi) is 4.71. The molecule has 5 rings (SSSR count). The van der Waals surface area contributed by atoms with Crippen LogP contribution < -0.4 is 4.90 Å². The smallest absolute Gasteiger partial charge is 0.147 e. The molecule has 0 unspecified atom stereocenters. The predicted molar refractivity (Wildman–Crippen MR) is 114 cm³/mol. The van der Waals surface area contributed by atoms with E-state index in [1.807, 2.05) is 18.3 Å². The normalized spacial score (nSPS) is 18.6. The first-order valence-electron chi connectivity index (χ1n) is 9.71. The second-order valence-corrected chi connectivity index (χ2v) is 9.67. The number of thiophene rings is 1. The van der Waals surface area contributed by atoms with E-state index in [9.17, 15) is 0 Å². The van der Waals surface area contributed by atoms with Crippen molar-refractivity contribution in [1.82, 2.24) is 15.1 Å². The molecule has 2 aliphatic rings. The monoisotopic (exact) mass is 396 g/mol. The quantitative estimate of drug-likeness (QED) is 0.647. The maximum absolute atomic E-state index is 4.30. The Morgan fingerprint density at radius 3 is 2.78 bits per heavy atom. The van der Waals surface area contributed by atoms with Gasteiger partial charge in [0.2, 0.25) is 0 Å². The highest BCUT2D eigenvalue weighted by Crippen LogP contribution is 2.31. The minimum Gasteiger partial charge on any atom is -0.371 e. The topological polar surface area (TPSA) is 32.3 Å². The summed E-state index contributed by atoms with van der Waals surface area (Å²) in [6, 6.07) is 11.8. The van der Waals surface area contributed by atoms with Gasteiger partial charge in [-0.15, -0.1) is 21.5 Å². The molecule has 0 bridgehead atoms. The summed E-state index contributed by atoms with van der Waals surface area (Å²) < 4.78 is 0. The van der Waals surface area contributed by atoms with Crippen LogP contribution in [0, 0.1) is 6.92 Å². The van der Waals surface area contributed by atoms with E-state index in [0.717, 1.165) is 35.7 Å². The summed E-state index contributed by atoms with van der Waals surface area (Å²) >= 11 is 3.59. The van der Waals surface area contributed by atoms with Crippen molar-refractivity contribution in [3.8, 4) is 10.6 Å². The zero-order chi connectivity index (χ0) is 18.2. The van der Waals surface area contributed by atoms with Gasteiger partial charge in [-0.3, -0.25) is 4.90 Å². The van der Waals surface area contributed by atoms with Crippen LogP contribution in [0.4, 0.5) is 5.69 Å². The van der Waals surface area contributed by atoms with Crippen LogP contribution in [0.15, 0.2) is 35.7 Å². The van der Waals surface area contributed by atoms with Gasteiger partial charge in [0.1, 0.15) is 10.0 Å². The van der Waals surface area contributed by atoms with Crippen molar-refractivity contribution in [3.63, 3.8) is 0 Å². The number of hydrogen-bond acceptors (Lipinski definition) is 6. The zero-order valence-electron chi connectivity index (χ0n) is 15.6. The first-order chi connectivity index (χ1) is 13.3. The van der Waals surface area contributed by atoms with Gasteiger partial charge in [-0.05, 0) is 55.3 Å². The molecule has 0 saturated carbocycles. The number of benzene rings is 1. The second-order valence-electron chi connectivity index (χ2n) is 7.48. The van der Waals surface area contributed by atoms with E-state index in [0.29, 0.717) is 0 Å². The number of piperidine rings is 1. The number of anilines is 1. The minimum atomic E-state index is 0.725. The first kappa shape index (κ1) is 17.3. The molecule has 3 aromatic rings. The Hall–Kier alpha value is -1.76. The fourth-order valence-corrected chi connectivity index (χ4v) is 5.90. The Morgan fingerprint density at radius 1 is 1.07 bits per heavy atom. The number of fused-ring (bicyclic) bond motifs is 1. The number of aryl methyl sites for hydroxylation is 1. The average molecular weight is 397 g/mol. The third-order valence-corrected chi connectivity index (χ3v) is 7.71. The zero-order valence-corrected chi connectivity index (χ0v) is 17.2. The summed E-state index contributed by atoms with van der Waals surface area (Å²) in [4.78, 5) is 6.85. The lowest BCUT2D eigenvalue weighted by atomic mass is 9.99. The highest BCUT2D eigenvalue weighted by Gasteiger charge is 2.28. The first-order valence-corrected chi connectivity index (χ1v) is 11.4. The molecular weight excluding hydrogens is 372 g/mol. The molecule has 4 nitrogen and oxygen atoms in total. The number of aromatic nitrogens is 2. The van der Waals surface area contributed by atoms with Crippen LogP contribution in [0.1, 0.15) is 28.3 Å². The Morgan fingerprint density at radius 2 is 1.96 bits per heavy atom. The van der Waals surface area contributed by atoms with Crippen molar-refractivity contribution < 1.29 is 0 Å². The summed E-state index contributed by atoms with van der Waals surface area (Å²) in [5, 5.41) is 12.8. The molecule has 0 N–H and O–H groups in total. The summed E-state index contributed by atoms with van der Waals surface area (Å²) in [5.74, 6) is 0. The van der Waals surface area contributed by atoms with Gasteiger partial charge in [-0.2, -0.15) is 0 Å². The maximum atomic E-state index is 4.30. The summed E-state index contributed by atoms with van der Waals surface area (Å²) in [6.07, 6.45) is 3.74. The molecule has 0 aliphatic carbocycles. The van der Waals surface area contributed by atoms with Gasteiger partial charge in [0, 0.05) is 48.3 Å². The van der Waals surface area contributed by atoms with Gasteiger partial charge in [0.15, 0.2) is 0 Å². The molecule has 2 aromatic heterocycles. The molecule has 140 valence electrons. The highest BCUT2D eigenvalue weighted by molar-refractivity contribution is 7.14. The van der Waals surface area contributed by atoms with E-state index >= 15 is 0 Å². The second kappa shape index (κ2) is 7.34. The lowest BCUT2D eigenvalue weighted by Gasteiger charge is -2.41. The summed E-state index contributed by atoms with van der Waals surface area (Å²) in [7, 11) is 0. The van der Waals surface area contributed by atoms with Crippen LogP contribution in [0.2, 0.25) is 0 Å². The van der Waals surface area contributed by atoms with E-state index in [-0.39, 0.29) is 0 Å². The van der Waals surface area contributed by atoms with Crippen molar-refractivity contribution in [1.29, 1.82) is 0 Å². The third kappa shape index (κ3) is 3.53. The Balaban J connectivity index is 1.25. The SMILES string of the molecule is Cc1nnc(-c2cccc(N3CCC(N4CCc5sccc5C4)CC3)c2)s1. The molecule has 1 saturated heterocycles. The minimum absolute atomic E-state index is 0.725. The summed E-state index contributed by atoms with van der Waals surface area (Å²) in [5.41, 5.74) is 4.06. The third-order valence-electron chi connectivity index (χ3n) is 5.80. The van der Waals surface area contributed by atoms with E-state index in [2.05, 4.69) is 55.7 Å². The van der Waals surface area contributed by atoms with Crippen molar-refractivity contribution >= 4 is 28.4 Å². The lowest BCUT2D eigenvalue weighted by Crippen LogP contribution is -2.46. The van der Waals surface area contributed by atoms with Gasteiger partial charge >= 0.3 is 0 Å². The molecular formula is C21H24N4S2. The van der Waals surface area contributed by atoms with Crippen LogP contribution in [0.5, 0.6) is 0 Å². The average Bonchev–Trinajstić information content (AvgIpc) is 3.36. The van der Waals surface area contributed by atoms with Crippen LogP contribution in [-0.2, 0) is 13.0 Å². The van der Waals surface area contributed by atoms with Gasteiger partial charge in [-0.1, -0.05) is 23.5 Å². The van der Waals surface area contributed by atoms with Crippen LogP contribution in [0.25, 0.3) is 10.6 Å². The van der Waals surface area contributed by atoms with Gasteiger partial charge < -0.3 is 4.90 Å². The predicted octanol–water partition coefficient (Wildman–Crippen LogP) is 4.60. The standard InChI is InChI=1S/C21H24N4S2/c1-15-22-23-21(27-15)16-3-2-4-19(13-16)24-9-5-18(6-10-24)25-11-7-20-17(14-25)8-12-26-20/h2-4,8,12-13,18H,5-7,9-11,14H2,1H3. The van der Waals surface area contributed by atoms with Gasteiger partial charge in [0.05, 0.1) is 0 Å². The Labute approximate surface area is 168 Å². The Bertz CT molecular complexity index is 924. The van der Waals surface area contributed by atoms with Crippen LogP contribution in [0.3, 0.4) is 0 Å². The molecule has 27 heavy (non-hydrogen) atoms. The molecule has 1 aromatic carbocycles. The van der Waals surface area contributed by atoms with Gasteiger partial charge in [-0.25, -0.2) is 0 Å². The molecule has 0 radical (unpaired) electrons. The van der Waals surface area contributed by atoms with Crippen molar-refractivity contribution in [3.05, 3.63) is 51.2 Å². The van der Waals surface area contributed by atoms with Crippen LogP contribution >= 0.6 is 22.7 Å². The van der Waals surface area contributed by atoms with E-state index in [1.165, 1.54) is 37.1 Å². The molecule has 0 amide bonds. The fourth-order valence-electron chi connectivity index (χ4n) is 4.32. The molecule has 0 spiro atoms. The lowest BCUT2D eigenvalue weighted by molar-refractivity contribution is 0.154. The van der Waals surface area contributed by atoms with Crippen molar-refractivity contribution in [2.75, 3.05) is 24.5 Å². The fraction of sp³-hybridized carbons (Fsp3) is 0.429. The molecule has 0 atom stereocenters. The maximum Gasteiger partial charge on any atom is 0.147 e. The van der Waals surface area contributed by atoms with E-state index in [4.69, 9.17) is 0 Å². The molecule has 2 aliphatic heterocycles. The molecule has 6 heteroatoms.